The summed E-state index contributed by atoms with van der Waals surface area (Å²) in [6.07, 6.45) is -0.431. The lowest BCUT2D eigenvalue weighted by molar-refractivity contribution is 0.162. The molecule has 1 aliphatic heterocycles. The molecule has 0 aliphatic carbocycles. The van der Waals surface area contributed by atoms with Crippen LogP contribution in [-0.2, 0) is 0 Å². The molecular formula is C6H10N2O. The van der Waals surface area contributed by atoms with Crippen molar-refractivity contribution >= 4 is 0 Å². The summed E-state index contributed by atoms with van der Waals surface area (Å²) in [5, 5.41) is 17.5. The van der Waals surface area contributed by atoms with Crippen LogP contribution >= 0.6 is 0 Å². The smallest absolute Gasteiger partial charge is 0.0861 e. The third kappa shape index (κ3) is 1.21. The van der Waals surface area contributed by atoms with E-state index >= 15 is 0 Å². The van der Waals surface area contributed by atoms with E-state index in [4.69, 9.17) is 10.4 Å². The van der Waals surface area contributed by atoms with Gasteiger partial charge in [0.1, 0.15) is 0 Å². The largest absolute Gasteiger partial charge is 0.390 e. The van der Waals surface area contributed by atoms with Crippen molar-refractivity contribution in [2.24, 2.45) is 5.92 Å². The maximum Gasteiger partial charge on any atom is 0.0861 e. The number of rotatable bonds is 0. The Morgan fingerprint density at radius 2 is 2.33 bits per heavy atom. The van der Waals surface area contributed by atoms with Crippen molar-refractivity contribution in [1.82, 2.24) is 4.90 Å². The van der Waals surface area contributed by atoms with E-state index in [1.54, 1.807) is 0 Å². The Balaban J connectivity index is 2.50. The van der Waals surface area contributed by atoms with Gasteiger partial charge in [0, 0.05) is 13.1 Å². The van der Waals surface area contributed by atoms with Crippen LogP contribution in [0.2, 0.25) is 0 Å². The van der Waals surface area contributed by atoms with E-state index in [1.807, 2.05) is 11.9 Å². The van der Waals surface area contributed by atoms with Crippen LogP contribution in [0.15, 0.2) is 0 Å². The van der Waals surface area contributed by atoms with Crippen LogP contribution in [0.4, 0.5) is 0 Å². The summed E-state index contributed by atoms with van der Waals surface area (Å²) in [4.78, 5) is 1.96. The van der Waals surface area contributed by atoms with Gasteiger partial charge in [-0.2, -0.15) is 5.26 Å². The van der Waals surface area contributed by atoms with E-state index in [0.717, 1.165) is 0 Å². The molecule has 1 unspecified atom stereocenters. The van der Waals surface area contributed by atoms with Crippen molar-refractivity contribution in [3.63, 3.8) is 0 Å². The summed E-state index contributed by atoms with van der Waals surface area (Å²) in [6.45, 7) is 1.34. The fraction of sp³-hybridized carbons (Fsp3) is 0.833. The number of β-amino-alcohol motifs (C(OH)–C–C–N with tert-alkyl or cyclic N) is 1. The Hall–Kier alpha value is -0.590. The molecule has 0 spiro atoms. The zero-order chi connectivity index (χ0) is 6.85. The zero-order valence-corrected chi connectivity index (χ0v) is 5.41. The van der Waals surface area contributed by atoms with Crippen LogP contribution in [0.1, 0.15) is 0 Å². The summed E-state index contributed by atoms with van der Waals surface area (Å²) in [6, 6.07) is 2.05. The first kappa shape index (κ1) is 6.53. The molecule has 0 aromatic rings. The molecule has 1 aliphatic rings. The standard InChI is InChI=1S/C6H10N2O/c1-8-3-5(2-7)6(9)4-8/h5-6,9H,3-4H2,1H3/t5-,6?/m0/s1. The van der Waals surface area contributed by atoms with E-state index in [1.165, 1.54) is 0 Å². The topological polar surface area (TPSA) is 47.3 Å². The van der Waals surface area contributed by atoms with Crippen molar-refractivity contribution in [3.8, 4) is 6.07 Å². The highest BCUT2D eigenvalue weighted by molar-refractivity contribution is 4.95. The van der Waals surface area contributed by atoms with Crippen molar-refractivity contribution in [1.29, 1.82) is 5.26 Å². The van der Waals surface area contributed by atoms with Crippen LogP contribution in [0, 0.1) is 17.2 Å². The molecule has 0 radical (unpaired) electrons. The lowest BCUT2D eigenvalue weighted by atomic mass is 10.1. The van der Waals surface area contributed by atoms with E-state index in [-0.39, 0.29) is 5.92 Å². The lowest BCUT2D eigenvalue weighted by Gasteiger charge is -2.02. The van der Waals surface area contributed by atoms with Gasteiger partial charge in [-0.15, -0.1) is 0 Å². The molecule has 3 nitrogen and oxygen atoms in total. The minimum atomic E-state index is -0.431. The van der Waals surface area contributed by atoms with Gasteiger partial charge in [0.15, 0.2) is 0 Å². The van der Waals surface area contributed by atoms with Crippen LogP contribution in [-0.4, -0.2) is 36.2 Å². The summed E-state index contributed by atoms with van der Waals surface area (Å²) in [5.41, 5.74) is 0. The number of nitriles is 1. The van der Waals surface area contributed by atoms with Gasteiger partial charge in [0.05, 0.1) is 18.1 Å². The highest BCUT2D eigenvalue weighted by Crippen LogP contribution is 2.13. The molecule has 1 fully saturated rings. The Morgan fingerprint density at radius 3 is 2.56 bits per heavy atom. The molecule has 0 amide bonds. The number of aliphatic hydroxyl groups is 1. The Labute approximate surface area is 54.5 Å². The average Bonchev–Trinajstić information content (AvgIpc) is 2.10. The first-order valence-electron chi connectivity index (χ1n) is 3.00. The molecule has 1 heterocycles. The highest BCUT2D eigenvalue weighted by Gasteiger charge is 2.28. The van der Waals surface area contributed by atoms with Gasteiger partial charge in [-0.1, -0.05) is 0 Å². The predicted octanol–water partition coefficient (Wildman–Crippen LogP) is -0.568. The number of aliphatic hydroxyl groups excluding tert-OH is 1. The summed E-state index contributed by atoms with van der Waals surface area (Å²) in [5.74, 6) is -0.171. The maximum absolute atomic E-state index is 9.10. The van der Waals surface area contributed by atoms with Crippen molar-refractivity contribution in [2.45, 2.75) is 6.10 Å². The van der Waals surface area contributed by atoms with Gasteiger partial charge in [0.2, 0.25) is 0 Å². The molecule has 1 N–H and O–H groups in total. The van der Waals surface area contributed by atoms with Gasteiger partial charge in [-0.25, -0.2) is 0 Å². The van der Waals surface area contributed by atoms with Crippen LogP contribution in [0.5, 0.6) is 0 Å². The van der Waals surface area contributed by atoms with Gasteiger partial charge < -0.3 is 10.0 Å². The quantitative estimate of drug-likeness (QED) is 0.473. The van der Waals surface area contributed by atoms with Crippen LogP contribution < -0.4 is 0 Å². The zero-order valence-electron chi connectivity index (χ0n) is 5.41. The van der Waals surface area contributed by atoms with Gasteiger partial charge in [-0.05, 0) is 7.05 Å². The molecule has 2 atom stereocenters. The molecular weight excluding hydrogens is 116 g/mol. The molecule has 0 aromatic heterocycles. The highest BCUT2D eigenvalue weighted by atomic mass is 16.3. The minimum absolute atomic E-state index is 0.171. The third-order valence-corrected chi connectivity index (χ3v) is 1.64. The molecule has 0 saturated carbocycles. The SMILES string of the molecule is CN1CC(O)[C@@H](C#N)C1. The fourth-order valence-electron chi connectivity index (χ4n) is 1.11. The number of hydrogen-bond acceptors (Lipinski definition) is 3. The maximum atomic E-state index is 9.10. The van der Waals surface area contributed by atoms with E-state index < -0.39 is 6.10 Å². The molecule has 9 heavy (non-hydrogen) atoms. The van der Waals surface area contributed by atoms with Gasteiger partial charge >= 0.3 is 0 Å². The lowest BCUT2D eigenvalue weighted by Crippen LogP contribution is -2.16. The summed E-state index contributed by atoms with van der Waals surface area (Å²) in [7, 11) is 1.90. The predicted molar refractivity (Wildman–Crippen MR) is 32.6 cm³/mol. The average molecular weight is 126 g/mol. The van der Waals surface area contributed by atoms with Crippen molar-refractivity contribution < 1.29 is 5.11 Å². The van der Waals surface area contributed by atoms with Gasteiger partial charge in [-0.3, -0.25) is 0 Å². The summed E-state index contributed by atoms with van der Waals surface area (Å²) >= 11 is 0. The molecule has 3 heteroatoms. The number of likely N-dealkylation sites (N-methyl/N-ethyl adjacent to an activating group) is 1. The molecule has 50 valence electrons. The molecule has 0 aromatic carbocycles. The first-order chi connectivity index (χ1) is 4.24. The minimum Gasteiger partial charge on any atom is -0.390 e. The fourth-order valence-corrected chi connectivity index (χ4v) is 1.11. The number of nitrogens with zero attached hydrogens (tertiary/aromatic N) is 2. The van der Waals surface area contributed by atoms with E-state index in [0.29, 0.717) is 13.1 Å². The Kier molecular flexibility index (Phi) is 1.70. The van der Waals surface area contributed by atoms with E-state index in [2.05, 4.69) is 6.07 Å². The van der Waals surface area contributed by atoms with Crippen molar-refractivity contribution in [2.75, 3.05) is 20.1 Å². The third-order valence-electron chi connectivity index (χ3n) is 1.64. The second-order valence-electron chi connectivity index (χ2n) is 2.52. The van der Waals surface area contributed by atoms with Gasteiger partial charge in [0.25, 0.3) is 0 Å². The summed E-state index contributed by atoms with van der Waals surface area (Å²) < 4.78 is 0. The van der Waals surface area contributed by atoms with E-state index in [9.17, 15) is 0 Å². The number of hydrogen-bond donors (Lipinski definition) is 1. The molecule has 0 bridgehead atoms. The molecule has 1 saturated heterocycles. The number of likely N-dealkylation sites (tertiary alicyclic amines) is 1. The normalized spacial score (nSPS) is 36.6. The van der Waals surface area contributed by atoms with Crippen LogP contribution in [0.25, 0.3) is 0 Å². The Morgan fingerprint density at radius 1 is 1.67 bits per heavy atom. The van der Waals surface area contributed by atoms with Crippen LogP contribution in [0.3, 0.4) is 0 Å². The molecule has 1 rings (SSSR count). The monoisotopic (exact) mass is 126 g/mol. The Bertz CT molecular complexity index is 140. The second-order valence-corrected chi connectivity index (χ2v) is 2.52. The second kappa shape index (κ2) is 2.34. The van der Waals surface area contributed by atoms with Crippen molar-refractivity contribution in [3.05, 3.63) is 0 Å². The first-order valence-corrected chi connectivity index (χ1v) is 3.00.